The fraction of sp³-hybridized carbons (Fsp3) is 0.118. The van der Waals surface area contributed by atoms with Crippen LogP contribution in [0.3, 0.4) is 0 Å². The van der Waals surface area contributed by atoms with Crippen LogP contribution in [0.15, 0.2) is 48.5 Å². The molecule has 0 amide bonds. The third-order valence-corrected chi connectivity index (χ3v) is 3.35. The molecule has 0 saturated heterocycles. The van der Waals surface area contributed by atoms with Crippen LogP contribution < -0.4 is 0 Å². The Morgan fingerprint density at radius 1 is 1.05 bits per heavy atom. The Bertz CT molecular complexity index is 806. The second-order valence-electron chi connectivity index (χ2n) is 4.60. The van der Waals surface area contributed by atoms with Gasteiger partial charge in [-0.2, -0.15) is 0 Å². The average molecular weight is 266 g/mol. The number of hydrogen-bond acceptors (Lipinski definition) is 3. The molecule has 0 aliphatic rings. The smallest absolute Gasteiger partial charge is 0.338 e. The Kier molecular flexibility index (Phi) is 3.03. The van der Waals surface area contributed by atoms with E-state index >= 15 is 0 Å². The topological polar surface area (TPSA) is 46.5 Å². The van der Waals surface area contributed by atoms with Gasteiger partial charge < -0.3 is 9.84 Å². The summed E-state index contributed by atoms with van der Waals surface area (Å²) in [7, 11) is 0. The monoisotopic (exact) mass is 266 g/mol. The highest BCUT2D eigenvalue weighted by Gasteiger charge is 2.12. The summed E-state index contributed by atoms with van der Waals surface area (Å²) in [5.41, 5.74) is 0.369. The van der Waals surface area contributed by atoms with Crippen LogP contribution in [0.25, 0.3) is 21.5 Å². The number of aromatic hydroxyl groups is 1. The first kappa shape index (κ1) is 12.5. The minimum Gasteiger partial charge on any atom is -0.507 e. The number of rotatable bonds is 2. The Morgan fingerprint density at radius 3 is 2.65 bits per heavy atom. The molecule has 0 unspecified atom stereocenters. The lowest BCUT2D eigenvalue weighted by molar-refractivity contribution is 0.0526. The van der Waals surface area contributed by atoms with Crippen LogP contribution >= 0.6 is 0 Å². The quantitative estimate of drug-likeness (QED) is 0.565. The van der Waals surface area contributed by atoms with Gasteiger partial charge in [-0.3, -0.25) is 0 Å². The van der Waals surface area contributed by atoms with Gasteiger partial charge in [-0.25, -0.2) is 4.79 Å². The van der Waals surface area contributed by atoms with E-state index in [1.807, 2.05) is 36.4 Å². The molecule has 3 aromatic carbocycles. The molecule has 3 rings (SSSR count). The number of ether oxygens (including phenoxy) is 1. The summed E-state index contributed by atoms with van der Waals surface area (Å²) >= 11 is 0. The van der Waals surface area contributed by atoms with E-state index < -0.39 is 5.97 Å². The number of hydrogen-bond donors (Lipinski definition) is 1. The van der Waals surface area contributed by atoms with Crippen molar-refractivity contribution in [1.82, 2.24) is 0 Å². The zero-order valence-electron chi connectivity index (χ0n) is 11.1. The summed E-state index contributed by atoms with van der Waals surface area (Å²) < 4.78 is 4.99. The molecule has 0 spiro atoms. The van der Waals surface area contributed by atoms with E-state index in [1.54, 1.807) is 13.0 Å². The number of carbonyl (C=O) groups excluding carboxylic acids is 1. The van der Waals surface area contributed by atoms with Gasteiger partial charge in [0.2, 0.25) is 0 Å². The molecule has 3 nitrogen and oxygen atoms in total. The summed E-state index contributed by atoms with van der Waals surface area (Å²) in [5, 5.41) is 13.8. The van der Waals surface area contributed by atoms with Gasteiger partial charge in [-0.05, 0) is 35.2 Å². The third kappa shape index (κ3) is 1.97. The van der Waals surface area contributed by atoms with Crippen molar-refractivity contribution in [1.29, 1.82) is 0 Å². The van der Waals surface area contributed by atoms with Crippen molar-refractivity contribution in [2.24, 2.45) is 0 Å². The number of phenolic OH excluding ortho intramolecular Hbond substituents is 1. The molecule has 100 valence electrons. The van der Waals surface area contributed by atoms with Gasteiger partial charge in [0, 0.05) is 5.39 Å². The Labute approximate surface area is 116 Å². The third-order valence-electron chi connectivity index (χ3n) is 3.35. The van der Waals surface area contributed by atoms with Gasteiger partial charge in [-0.1, -0.05) is 36.4 Å². The molecule has 0 radical (unpaired) electrons. The Balaban J connectivity index is 2.32. The maximum atomic E-state index is 11.8. The highest BCUT2D eigenvalue weighted by atomic mass is 16.5. The molecule has 1 N–H and O–H groups in total. The maximum absolute atomic E-state index is 11.8. The SMILES string of the molecule is CCOC(=O)c1cc(O)c2ccc3ccccc3c2c1. The molecule has 20 heavy (non-hydrogen) atoms. The minimum absolute atomic E-state index is 0.0938. The van der Waals surface area contributed by atoms with Crippen LogP contribution in [0.4, 0.5) is 0 Å². The molecule has 0 aromatic heterocycles. The zero-order valence-corrected chi connectivity index (χ0v) is 11.1. The van der Waals surface area contributed by atoms with Crippen LogP contribution in [0.2, 0.25) is 0 Å². The first-order chi connectivity index (χ1) is 9.70. The molecular weight excluding hydrogens is 252 g/mol. The first-order valence-electron chi connectivity index (χ1n) is 6.52. The molecule has 0 heterocycles. The summed E-state index contributed by atoms with van der Waals surface area (Å²) in [4.78, 5) is 11.8. The van der Waals surface area contributed by atoms with Crippen molar-refractivity contribution in [3.8, 4) is 5.75 Å². The maximum Gasteiger partial charge on any atom is 0.338 e. The predicted octanol–water partition coefficient (Wildman–Crippen LogP) is 3.88. The van der Waals surface area contributed by atoms with Gasteiger partial charge in [0.1, 0.15) is 5.75 Å². The summed E-state index contributed by atoms with van der Waals surface area (Å²) in [5.74, 6) is -0.325. The molecule has 0 saturated carbocycles. The molecule has 0 aliphatic heterocycles. The molecule has 0 atom stereocenters. The van der Waals surface area contributed by atoms with E-state index in [9.17, 15) is 9.90 Å². The molecule has 3 aromatic rings. The lowest BCUT2D eigenvalue weighted by Gasteiger charge is -2.08. The van der Waals surface area contributed by atoms with Crippen LogP contribution in [0, 0.1) is 0 Å². The average Bonchev–Trinajstić information content (AvgIpc) is 2.47. The Morgan fingerprint density at radius 2 is 1.85 bits per heavy atom. The molecule has 3 heteroatoms. The van der Waals surface area contributed by atoms with Crippen molar-refractivity contribution in [2.45, 2.75) is 6.92 Å². The number of esters is 1. The van der Waals surface area contributed by atoms with E-state index in [1.165, 1.54) is 6.07 Å². The van der Waals surface area contributed by atoms with E-state index in [2.05, 4.69) is 0 Å². The van der Waals surface area contributed by atoms with Gasteiger partial charge in [-0.15, -0.1) is 0 Å². The highest BCUT2D eigenvalue weighted by molar-refractivity contribution is 6.11. The molecule has 0 bridgehead atoms. The van der Waals surface area contributed by atoms with Crippen molar-refractivity contribution in [3.63, 3.8) is 0 Å². The van der Waals surface area contributed by atoms with Crippen molar-refractivity contribution in [3.05, 3.63) is 54.1 Å². The number of phenols is 1. The standard InChI is InChI=1S/C17H14O3/c1-2-20-17(19)12-9-15-13-6-4-3-5-11(13)7-8-14(15)16(18)10-12/h3-10,18H,2H2,1H3. The molecular formula is C17H14O3. The largest absolute Gasteiger partial charge is 0.507 e. The van der Waals surface area contributed by atoms with Gasteiger partial charge >= 0.3 is 5.97 Å². The number of carbonyl (C=O) groups is 1. The van der Waals surface area contributed by atoms with Gasteiger partial charge in [0.15, 0.2) is 0 Å². The second kappa shape index (κ2) is 4.85. The summed E-state index contributed by atoms with van der Waals surface area (Å²) in [6, 6.07) is 14.9. The molecule has 0 aliphatic carbocycles. The molecule has 0 fully saturated rings. The number of benzene rings is 3. The van der Waals surface area contributed by atoms with Crippen LogP contribution in [-0.2, 0) is 4.74 Å². The highest BCUT2D eigenvalue weighted by Crippen LogP contribution is 2.32. The van der Waals surface area contributed by atoms with Crippen molar-refractivity contribution >= 4 is 27.5 Å². The van der Waals surface area contributed by atoms with E-state index in [4.69, 9.17) is 4.74 Å². The Hall–Kier alpha value is -2.55. The fourth-order valence-corrected chi connectivity index (χ4v) is 2.43. The van der Waals surface area contributed by atoms with Gasteiger partial charge in [0.25, 0.3) is 0 Å². The van der Waals surface area contributed by atoms with Crippen molar-refractivity contribution < 1.29 is 14.6 Å². The van der Waals surface area contributed by atoms with Crippen LogP contribution in [0.5, 0.6) is 5.75 Å². The lowest BCUT2D eigenvalue weighted by Crippen LogP contribution is -2.04. The first-order valence-corrected chi connectivity index (χ1v) is 6.52. The zero-order chi connectivity index (χ0) is 14.1. The minimum atomic E-state index is -0.419. The summed E-state index contributed by atoms with van der Waals surface area (Å²) in [6.45, 7) is 2.07. The second-order valence-corrected chi connectivity index (χ2v) is 4.60. The van der Waals surface area contributed by atoms with E-state index in [0.29, 0.717) is 12.2 Å². The number of fused-ring (bicyclic) bond motifs is 3. The van der Waals surface area contributed by atoms with Crippen LogP contribution in [-0.4, -0.2) is 17.7 Å². The van der Waals surface area contributed by atoms with Crippen molar-refractivity contribution in [2.75, 3.05) is 6.61 Å². The van der Waals surface area contributed by atoms with Gasteiger partial charge in [0.05, 0.1) is 12.2 Å². The van der Waals surface area contributed by atoms with E-state index in [0.717, 1.165) is 21.5 Å². The summed E-state index contributed by atoms with van der Waals surface area (Å²) in [6.07, 6.45) is 0. The normalized spacial score (nSPS) is 10.8. The lowest BCUT2D eigenvalue weighted by atomic mass is 9.99. The van der Waals surface area contributed by atoms with Crippen LogP contribution in [0.1, 0.15) is 17.3 Å². The fourth-order valence-electron chi connectivity index (χ4n) is 2.43. The predicted molar refractivity (Wildman–Crippen MR) is 79.1 cm³/mol. The van der Waals surface area contributed by atoms with E-state index in [-0.39, 0.29) is 5.75 Å².